The molecule has 1 aliphatic heterocycles. The molecule has 1 atom stereocenters. The van der Waals surface area contributed by atoms with Gasteiger partial charge in [0.05, 0.1) is 19.3 Å². The Balaban J connectivity index is 1.82. The van der Waals surface area contributed by atoms with E-state index in [9.17, 15) is 0 Å². The van der Waals surface area contributed by atoms with Crippen molar-refractivity contribution in [2.45, 2.75) is 26.5 Å². The van der Waals surface area contributed by atoms with Gasteiger partial charge < -0.3 is 4.74 Å². The first-order chi connectivity index (χ1) is 8.24. The topological polar surface area (TPSA) is 43.2 Å². The molecule has 0 aliphatic carbocycles. The molecule has 0 aromatic carbocycles. The van der Waals surface area contributed by atoms with Crippen LogP contribution in [0.3, 0.4) is 0 Å². The summed E-state index contributed by atoms with van der Waals surface area (Å²) in [7, 11) is 0. The SMILES string of the molecule is CC(C)=CCN1CCO[C@@H](Cn2cncn2)C1. The van der Waals surface area contributed by atoms with Gasteiger partial charge in [-0.05, 0) is 13.8 Å². The molecule has 17 heavy (non-hydrogen) atoms. The molecule has 0 saturated carbocycles. The van der Waals surface area contributed by atoms with Gasteiger partial charge in [-0.25, -0.2) is 4.98 Å². The fourth-order valence-electron chi connectivity index (χ4n) is 1.90. The van der Waals surface area contributed by atoms with E-state index in [1.807, 2.05) is 4.68 Å². The van der Waals surface area contributed by atoms with E-state index in [1.165, 1.54) is 5.57 Å². The van der Waals surface area contributed by atoms with E-state index in [4.69, 9.17) is 4.74 Å². The predicted molar refractivity (Wildman–Crippen MR) is 65.6 cm³/mol. The van der Waals surface area contributed by atoms with Gasteiger partial charge in [-0.2, -0.15) is 5.10 Å². The van der Waals surface area contributed by atoms with Crippen LogP contribution in [-0.4, -0.2) is 52.0 Å². The zero-order valence-electron chi connectivity index (χ0n) is 10.5. The molecule has 1 saturated heterocycles. The van der Waals surface area contributed by atoms with E-state index in [2.05, 4.69) is 34.9 Å². The molecule has 1 aromatic heterocycles. The minimum atomic E-state index is 0.219. The van der Waals surface area contributed by atoms with Crippen molar-refractivity contribution in [2.24, 2.45) is 0 Å². The third kappa shape index (κ3) is 3.94. The van der Waals surface area contributed by atoms with Crippen molar-refractivity contribution in [3.63, 3.8) is 0 Å². The number of allylic oxidation sites excluding steroid dienone is 1. The van der Waals surface area contributed by atoms with E-state index in [0.29, 0.717) is 0 Å². The molecule has 0 amide bonds. The Labute approximate surface area is 102 Å². The number of hydrogen-bond donors (Lipinski definition) is 0. The molecule has 94 valence electrons. The lowest BCUT2D eigenvalue weighted by molar-refractivity contribution is -0.0339. The van der Waals surface area contributed by atoms with E-state index in [0.717, 1.165) is 32.8 Å². The lowest BCUT2D eigenvalue weighted by Crippen LogP contribution is -2.44. The third-order valence-electron chi connectivity index (χ3n) is 2.84. The van der Waals surface area contributed by atoms with Crippen LogP contribution in [-0.2, 0) is 11.3 Å². The van der Waals surface area contributed by atoms with Gasteiger partial charge in [0.2, 0.25) is 0 Å². The molecule has 5 nitrogen and oxygen atoms in total. The van der Waals surface area contributed by atoms with E-state index < -0.39 is 0 Å². The third-order valence-corrected chi connectivity index (χ3v) is 2.84. The highest BCUT2D eigenvalue weighted by molar-refractivity contribution is 4.95. The minimum absolute atomic E-state index is 0.219. The molecule has 0 bridgehead atoms. The molecular formula is C12H20N4O. The van der Waals surface area contributed by atoms with Crippen LogP contribution in [0.1, 0.15) is 13.8 Å². The summed E-state index contributed by atoms with van der Waals surface area (Å²) in [6, 6.07) is 0. The highest BCUT2D eigenvalue weighted by Gasteiger charge is 2.20. The molecule has 0 spiro atoms. The maximum atomic E-state index is 5.74. The van der Waals surface area contributed by atoms with Crippen LogP contribution >= 0.6 is 0 Å². The summed E-state index contributed by atoms with van der Waals surface area (Å²) in [4.78, 5) is 6.35. The van der Waals surface area contributed by atoms with Crippen LogP contribution < -0.4 is 0 Å². The van der Waals surface area contributed by atoms with Crippen LogP contribution in [0.4, 0.5) is 0 Å². The summed E-state index contributed by atoms with van der Waals surface area (Å²) in [5.41, 5.74) is 1.37. The van der Waals surface area contributed by atoms with Gasteiger partial charge >= 0.3 is 0 Å². The van der Waals surface area contributed by atoms with E-state index >= 15 is 0 Å². The first-order valence-electron chi connectivity index (χ1n) is 6.04. The van der Waals surface area contributed by atoms with Gasteiger partial charge in [0.1, 0.15) is 12.7 Å². The minimum Gasteiger partial charge on any atom is -0.374 e. The average Bonchev–Trinajstić information content (AvgIpc) is 2.80. The molecule has 0 radical (unpaired) electrons. The van der Waals surface area contributed by atoms with Crippen LogP contribution in [0, 0.1) is 0 Å². The molecule has 1 aliphatic rings. The molecule has 1 aromatic rings. The largest absolute Gasteiger partial charge is 0.374 e. The summed E-state index contributed by atoms with van der Waals surface area (Å²) >= 11 is 0. The first kappa shape index (κ1) is 12.3. The molecule has 1 fully saturated rings. The van der Waals surface area contributed by atoms with Crippen molar-refractivity contribution in [3.8, 4) is 0 Å². The number of nitrogens with zero attached hydrogens (tertiary/aromatic N) is 4. The van der Waals surface area contributed by atoms with Crippen LogP contribution in [0.2, 0.25) is 0 Å². The smallest absolute Gasteiger partial charge is 0.137 e. The van der Waals surface area contributed by atoms with Crippen molar-refractivity contribution >= 4 is 0 Å². The van der Waals surface area contributed by atoms with E-state index in [-0.39, 0.29) is 6.10 Å². The molecule has 2 heterocycles. The number of rotatable bonds is 4. The Hall–Kier alpha value is -1.20. The quantitative estimate of drug-likeness (QED) is 0.730. The Kier molecular flexibility index (Phi) is 4.28. The van der Waals surface area contributed by atoms with Crippen molar-refractivity contribution in [1.82, 2.24) is 19.7 Å². The Morgan fingerprint density at radius 2 is 2.41 bits per heavy atom. The van der Waals surface area contributed by atoms with Gasteiger partial charge in [-0.1, -0.05) is 11.6 Å². The van der Waals surface area contributed by atoms with Crippen LogP contribution in [0.25, 0.3) is 0 Å². The number of morpholine rings is 1. The van der Waals surface area contributed by atoms with E-state index in [1.54, 1.807) is 12.7 Å². The molecule has 0 N–H and O–H groups in total. The van der Waals surface area contributed by atoms with Gasteiger partial charge in [-0.15, -0.1) is 0 Å². The first-order valence-corrected chi connectivity index (χ1v) is 6.04. The van der Waals surface area contributed by atoms with Crippen LogP contribution in [0.5, 0.6) is 0 Å². The molecule has 5 heteroatoms. The summed E-state index contributed by atoms with van der Waals surface area (Å²) in [6.45, 7) is 8.84. The number of hydrogen-bond acceptors (Lipinski definition) is 4. The molecule has 0 unspecified atom stereocenters. The second kappa shape index (κ2) is 5.93. The normalized spacial score (nSPS) is 21.4. The Morgan fingerprint density at radius 3 is 3.12 bits per heavy atom. The highest BCUT2D eigenvalue weighted by atomic mass is 16.5. The average molecular weight is 236 g/mol. The van der Waals surface area contributed by atoms with Gasteiger partial charge in [-0.3, -0.25) is 9.58 Å². The number of ether oxygens (including phenoxy) is 1. The van der Waals surface area contributed by atoms with Crippen molar-refractivity contribution in [3.05, 3.63) is 24.3 Å². The van der Waals surface area contributed by atoms with Crippen LogP contribution in [0.15, 0.2) is 24.3 Å². The second-order valence-corrected chi connectivity index (χ2v) is 4.65. The standard InChI is InChI=1S/C12H20N4O/c1-11(2)3-4-15-5-6-17-12(7-15)8-16-10-13-9-14-16/h3,9-10,12H,4-8H2,1-2H3/t12-/m1/s1. The monoisotopic (exact) mass is 236 g/mol. The van der Waals surface area contributed by atoms with Crippen molar-refractivity contribution in [2.75, 3.05) is 26.2 Å². The summed E-state index contributed by atoms with van der Waals surface area (Å²) in [6.07, 6.45) is 5.77. The fourth-order valence-corrected chi connectivity index (χ4v) is 1.90. The van der Waals surface area contributed by atoms with Crippen molar-refractivity contribution in [1.29, 1.82) is 0 Å². The highest BCUT2D eigenvalue weighted by Crippen LogP contribution is 2.07. The second-order valence-electron chi connectivity index (χ2n) is 4.65. The number of aromatic nitrogens is 3. The lowest BCUT2D eigenvalue weighted by atomic mass is 10.2. The fraction of sp³-hybridized carbons (Fsp3) is 0.667. The Morgan fingerprint density at radius 1 is 1.53 bits per heavy atom. The summed E-state index contributed by atoms with van der Waals surface area (Å²) < 4.78 is 7.57. The van der Waals surface area contributed by atoms with Gasteiger partial charge in [0.25, 0.3) is 0 Å². The predicted octanol–water partition coefficient (Wildman–Crippen LogP) is 0.945. The van der Waals surface area contributed by atoms with Crippen molar-refractivity contribution < 1.29 is 4.74 Å². The lowest BCUT2D eigenvalue weighted by Gasteiger charge is -2.32. The summed E-state index contributed by atoms with van der Waals surface area (Å²) in [5.74, 6) is 0. The maximum absolute atomic E-state index is 5.74. The summed E-state index contributed by atoms with van der Waals surface area (Å²) in [5, 5.41) is 4.10. The van der Waals surface area contributed by atoms with Gasteiger partial charge in [0.15, 0.2) is 0 Å². The zero-order chi connectivity index (χ0) is 12.1. The Bertz CT molecular complexity index is 357. The molecular weight excluding hydrogens is 216 g/mol. The zero-order valence-corrected chi connectivity index (χ0v) is 10.5. The maximum Gasteiger partial charge on any atom is 0.137 e. The molecule has 2 rings (SSSR count). The van der Waals surface area contributed by atoms with Gasteiger partial charge in [0, 0.05) is 19.6 Å².